The molecule has 0 radical (unpaired) electrons. The number of hydrogen-bond acceptors (Lipinski definition) is 5. The highest BCUT2D eigenvalue weighted by atomic mass is 32.2. The van der Waals surface area contributed by atoms with Crippen LogP contribution in [0.2, 0.25) is 0 Å². The predicted octanol–water partition coefficient (Wildman–Crippen LogP) is 0.810. The second kappa shape index (κ2) is 7.34. The summed E-state index contributed by atoms with van der Waals surface area (Å²) in [6.07, 6.45) is 0. The fourth-order valence-corrected chi connectivity index (χ4v) is 2.56. The molecule has 7 nitrogen and oxygen atoms in total. The molecule has 20 heavy (non-hydrogen) atoms. The number of carbonyl (C=O) groups is 1. The van der Waals surface area contributed by atoms with Crippen LogP contribution in [0, 0.1) is 6.92 Å². The van der Waals surface area contributed by atoms with Gasteiger partial charge < -0.3 is 10.1 Å². The molecule has 2 N–H and O–H groups in total. The Labute approximate surface area is 118 Å². The number of amides is 1. The van der Waals surface area contributed by atoms with Crippen molar-refractivity contribution in [2.75, 3.05) is 25.6 Å². The van der Waals surface area contributed by atoms with E-state index in [1.807, 2.05) is 4.89 Å². The zero-order valence-corrected chi connectivity index (χ0v) is 12.4. The van der Waals surface area contributed by atoms with Gasteiger partial charge >= 0.3 is 0 Å². The van der Waals surface area contributed by atoms with Crippen molar-refractivity contribution >= 4 is 21.6 Å². The predicted molar refractivity (Wildman–Crippen MR) is 73.6 cm³/mol. The topological polar surface area (TPSA) is 93.7 Å². The standard InChI is InChI=1S/C12H18N2O5S/c1-9-4-5-11(13-10(2)15)8-12(9)20(16,17)14-19-7-6-18-3/h4-5,8,14H,6-7H2,1-3H3,(H,13,15). The Kier molecular flexibility index (Phi) is 6.08. The Morgan fingerprint density at radius 2 is 2.00 bits per heavy atom. The fourth-order valence-electron chi connectivity index (χ4n) is 1.46. The molecule has 0 fully saturated rings. The van der Waals surface area contributed by atoms with Crippen molar-refractivity contribution in [3.63, 3.8) is 0 Å². The number of hydrogen-bond donors (Lipinski definition) is 2. The summed E-state index contributed by atoms with van der Waals surface area (Å²) < 4.78 is 28.9. The van der Waals surface area contributed by atoms with Gasteiger partial charge in [-0.1, -0.05) is 11.0 Å². The molecule has 0 unspecified atom stereocenters. The van der Waals surface area contributed by atoms with Gasteiger partial charge in [0, 0.05) is 19.7 Å². The van der Waals surface area contributed by atoms with E-state index >= 15 is 0 Å². The second-order valence-corrected chi connectivity index (χ2v) is 5.70. The first kappa shape index (κ1) is 16.6. The van der Waals surface area contributed by atoms with Crippen molar-refractivity contribution in [3.05, 3.63) is 23.8 Å². The molecule has 112 valence electrons. The Bertz CT molecular complexity index is 571. The summed E-state index contributed by atoms with van der Waals surface area (Å²) in [7, 11) is -2.32. The lowest BCUT2D eigenvalue weighted by Gasteiger charge is -2.11. The minimum Gasteiger partial charge on any atom is -0.382 e. The summed E-state index contributed by atoms with van der Waals surface area (Å²) in [5, 5.41) is 2.53. The summed E-state index contributed by atoms with van der Waals surface area (Å²) in [6.45, 7) is 3.37. The number of aryl methyl sites for hydroxylation is 1. The molecule has 0 spiro atoms. The lowest BCUT2D eigenvalue weighted by atomic mass is 10.2. The van der Waals surface area contributed by atoms with Gasteiger partial charge in [0.1, 0.15) is 0 Å². The summed E-state index contributed by atoms with van der Waals surface area (Å²) >= 11 is 0. The molecule has 1 aromatic carbocycles. The largest absolute Gasteiger partial charge is 0.382 e. The van der Waals surface area contributed by atoms with E-state index in [0.717, 1.165) is 0 Å². The average Bonchev–Trinajstić information content (AvgIpc) is 2.36. The first-order valence-electron chi connectivity index (χ1n) is 5.87. The van der Waals surface area contributed by atoms with Gasteiger partial charge in [-0.25, -0.2) is 8.42 Å². The van der Waals surface area contributed by atoms with Crippen LogP contribution >= 0.6 is 0 Å². The molecule has 1 rings (SSSR count). The third-order valence-electron chi connectivity index (χ3n) is 2.36. The number of carbonyl (C=O) groups excluding carboxylic acids is 1. The van der Waals surface area contributed by atoms with Crippen LogP contribution in [-0.2, 0) is 24.4 Å². The smallest absolute Gasteiger partial charge is 0.262 e. The third kappa shape index (κ3) is 4.89. The van der Waals surface area contributed by atoms with Crippen LogP contribution < -0.4 is 10.2 Å². The molecule has 1 amide bonds. The maximum Gasteiger partial charge on any atom is 0.262 e. The maximum absolute atomic E-state index is 12.1. The SMILES string of the molecule is COCCONS(=O)(=O)c1cc(NC(C)=O)ccc1C. The Balaban J connectivity index is 2.90. The Morgan fingerprint density at radius 1 is 1.30 bits per heavy atom. The molecule has 0 aromatic heterocycles. The van der Waals surface area contributed by atoms with E-state index in [1.165, 1.54) is 20.1 Å². The Morgan fingerprint density at radius 3 is 2.60 bits per heavy atom. The minimum absolute atomic E-state index is 0.0427. The summed E-state index contributed by atoms with van der Waals surface area (Å²) in [6, 6.07) is 4.61. The molecule has 1 aromatic rings. The molecule has 0 heterocycles. The van der Waals surface area contributed by atoms with Crippen LogP contribution in [0.3, 0.4) is 0 Å². The number of anilines is 1. The maximum atomic E-state index is 12.1. The number of sulfonamides is 1. The van der Waals surface area contributed by atoms with E-state index in [9.17, 15) is 13.2 Å². The molecule has 0 aliphatic rings. The van der Waals surface area contributed by atoms with Crippen molar-refractivity contribution in [3.8, 4) is 0 Å². The highest BCUT2D eigenvalue weighted by Gasteiger charge is 2.17. The van der Waals surface area contributed by atoms with E-state index in [0.29, 0.717) is 11.3 Å². The van der Waals surface area contributed by atoms with Gasteiger partial charge in [-0.3, -0.25) is 9.63 Å². The highest BCUT2D eigenvalue weighted by molar-refractivity contribution is 7.89. The monoisotopic (exact) mass is 302 g/mol. The van der Waals surface area contributed by atoms with Crippen molar-refractivity contribution in [2.45, 2.75) is 18.7 Å². The van der Waals surface area contributed by atoms with E-state index in [4.69, 9.17) is 9.57 Å². The second-order valence-electron chi connectivity index (χ2n) is 4.09. The van der Waals surface area contributed by atoms with Crippen LogP contribution in [0.25, 0.3) is 0 Å². The van der Waals surface area contributed by atoms with Gasteiger partial charge in [-0.2, -0.15) is 0 Å². The lowest BCUT2D eigenvalue weighted by Crippen LogP contribution is -2.26. The summed E-state index contributed by atoms with van der Waals surface area (Å²) in [4.78, 5) is 17.9. The number of rotatable bonds is 7. The molecule has 0 saturated heterocycles. The molecular formula is C12H18N2O5S. The van der Waals surface area contributed by atoms with Crippen molar-refractivity contribution in [1.29, 1.82) is 0 Å². The average molecular weight is 302 g/mol. The zero-order chi connectivity index (χ0) is 15.2. The first-order chi connectivity index (χ1) is 9.36. The van der Waals surface area contributed by atoms with Crippen LogP contribution in [-0.4, -0.2) is 34.6 Å². The van der Waals surface area contributed by atoms with Gasteiger partial charge in [-0.05, 0) is 24.6 Å². The fraction of sp³-hybridized carbons (Fsp3) is 0.417. The van der Waals surface area contributed by atoms with Crippen LogP contribution in [0.4, 0.5) is 5.69 Å². The highest BCUT2D eigenvalue weighted by Crippen LogP contribution is 2.20. The quantitative estimate of drug-likeness (QED) is 0.574. The number of benzene rings is 1. The van der Waals surface area contributed by atoms with Crippen LogP contribution in [0.15, 0.2) is 23.1 Å². The molecule has 0 atom stereocenters. The number of ether oxygens (including phenoxy) is 1. The van der Waals surface area contributed by atoms with Crippen molar-refractivity contribution in [1.82, 2.24) is 4.89 Å². The van der Waals surface area contributed by atoms with Gasteiger partial charge in [-0.15, -0.1) is 0 Å². The van der Waals surface area contributed by atoms with E-state index < -0.39 is 10.0 Å². The molecular weight excluding hydrogens is 284 g/mol. The molecule has 0 aliphatic heterocycles. The number of nitrogens with one attached hydrogen (secondary N) is 2. The van der Waals surface area contributed by atoms with Crippen LogP contribution in [0.5, 0.6) is 0 Å². The van der Waals surface area contributed by atoms with Gasteiger partial charge in [0.2, 0.25) is 5.91 Å². The summed E-state index contributed by atoms with van der Waals surface area (Å²) in [5.74, 6) is -0.276. The summed E-state index contributed by atoms with van der Waals surface area (Å²) in [5.41, 5.74) is 0.947. The van der Waals surface area contributed by atoms with Gasteiger partial charge in [0.25, 0.3) is 10.0 Å². The van der Waals surface area contributed by atoms with E-state index in [-0.39, 0.29) is 24.0 Å². The third-order valence-corrected chi connectivity index (χ3v) is 3.71. The van der Waals surface area contributed by atoms with Crippen molar-refractivity contribution < 1.29 is 22.8 Å². The van der Waals surface area contributed by atoms with Gasteiger partial charge in [0.05, 0.1) is 18.1 Å². The minimum atomic E-state index is -3.81. The van der Waals surface area contributed by atoms with Crippen LogP contribution in [0.1, 0.15) is 12.5 Å². The van der Waals surface area contributed by atoms with E-state index in [1.54, 1.807) is 19.1 Å². The normalized spacial score (nSPS) is 11.3. The van der Waals surface area contributed by atoms with E-state index in [2.05, 4.69) is 5.32 Å². The first-order valence-corrected chi connectivity index (χ1v) is 7.36. The van der Waals surface area contributed by atoms with Crippen molar-refractivity contribution in [2.24, 2.45) is 0 Å². The lowest BCUT2D eigenvalue weighted by molar-refractivity contribution is -0.114. The zero-order valence-electron chi connectivity index (χ0n) is 11.6. The molecule has 0 saturated carbocycles. The Hall–Kier alpha value is -1.48. The molecule has 8 heteroatoms. The molecule has 0 bridgehead atoms. The number of methoxy groups -OCH3 is 1. The molecule has 0 aliphatic carbocycles. The van der Waals surface area contributed by atoms with Gasteiger partial charge in [0.15, 0.2) is 0 Å².